The predicted octanol–water partition coefficient (Wildman–Crippen LogP) is 5.23. The molecular weight excluding hydrogens is 455 g/mol. The maximum absolute atomic E-state index is 14.6. The smallest absolute Gasteiger partial charge is 0.296 e. The van der Waals surface area contributed by atoms with Crippen molar-refractivity contribution in [2.45, 2.75) is 6.61 Å². The highest BCUT2D eigenvalue weighted by molar-refractivity contribution is 7.17. The number of halogens is 2. The highest BCUT2D eigenvalue weighted by Gasteiger charge is 2.20. The molecule has 0 fully saturated rings. The van der Waals surface area contributed by atoms with Gasteiger partial charge >= 0.3 is 0 Å². The third-order valence-electron chi connectivity index (χ3n) is 4.43. The standard InChI is InChI=1S/C22H16ClFN4O3S/c1-30-18-4-2-3-17(24)19(18)16-11-25-10-9-15(16)20(29)26-21-27-28-22(32-21)31-12-13-5-7-14(23)8-6-13/h2-11H,12H2,1H3,(H,26,27,29). The Balaban J connectivity index is 1.51. The predicted molar refractivity (Wildman–Crippen MR) is 120 cm³/mol. The number of carbonyl (C=O) groups excluding carboxylic acids is 1. The number of carbonyl (C=O) groups is 1. The van der Waals surface area contributed by atoms with Gasteiger partial charge < -0.3 is 9.47 Å². The largest absolute Gasteiger partial charge is 0.496 e. The fourth-order valence-electron chi connectivity index (χ4n) is 2.94. The Morgan fingerprint density at radius 1 is 1.16 bits per heavy atom. The van der Waals surface area contributed by atoms with Crippen molar-refractivity contribution in [2.24, 2.45) is 0 Å². The zero-order chi connectivity index (χ0) is 22.5. The van der Waals surface area contributed by atoms with Gasteiger partial charge in [0.2, 0.25) is 5.13 Å². The summed E-state index contributed by atoms with van der Waals surface area (Å²) in [4.78, 5) is 17.0. The van der Waals surface area contributed by atoms with Crippen LogP contribution in [0.3, 0.4) is 0 Å². The topological polar surface area (TPSA) is 86.2 Å². The quantitative estimate of drug-likeness (QED) is 0.398. The summed E-state index contributed by atoms with van der Waals surface area (Å²) in [5.74, 6) is -0.728. The molecule has 2 aromatic carbocycles. The lowest BCUT2D eigenvalue weighted by Crippen LogP contribution is -2.13. The van der Waals surface area contributed by atoms with E-state index < -0.39 is 11.7 Å². The third-order valence-corrected chi connectivity index (χ3v) is 5.44. The molecule has 0 aliphatic heterocycles. The first-order chi connectivity index (χ1) is 15.5. The van der Waals surface area contributed by atoms with E-state index in [-0.39, 0.29) is 22.9 Å². The first kappa shape index (κ1) is 21.7. The van der Waals surface area contributed by atoms with E-state index in [2.05, 4.69) is 20.5 Å². The Morgan fingerprint density at radius 2 is 1.97 bits per heavy atom. The molecule has 4 rings (SSSR count). The molecular formula is C22H16ClFN4O3S. The number of nitrogens with one attached hydrogen (secondary N) is 1. The Labute approximate surface area is 191 Å². The highest BCUT2D eigenvalue weighted by atomic mass is 35.5. The second kappa shape index (κ2) is 9.71. The van der Waals surface area contributed by atoms with Crippen LogP contribution in [-0.2, 0) is 6.61 Å². The van der Waals surface area contributed by atoms with Crippen LogP contribution in [0.1, 0.15) is 15.9 Å². The van der Waals surface area contributed by atoms with E-state index in [0.717, 1.165) is 16.9 Å². The first-order valence-electron chi connectivity index (χ1n) is 9.34. The maximum atomic E-state index is 14.6. The summed E-state index contributed by atoms with van der Waals surface area (Å²) in [6.07, 6.45) is 2.86. The monoisotopic (exact) mass is 470 g/mol. The number of aromatic nitrogens is 3. The number of pyridine rings is 1. The second-order valence-electron chi connectivity index (χ2n) is 6.48. The third kappa shape index (κ3) is 4.84. The van der Waals surface area contributed by atoms with E-state index in [1.807, 2.05) is 12.1 Å². The zero-order valence-corrected chi connectivity index (χ0v) is 18.3. The van der Waals surface area contributed by atoms with Gasteiger partial charge in [0.05, 0.1) is 18.2 Å². The average molecular weight is 471 g/mol. The van der Waals surface area contributed by atoms with Crippen molar-refractivity contribution in [3.05, 3.63) is 82.9 Å². The van der Waals surface area contributed by atoms with E-state index in [1.54, 1.807) is 18.2 Å². The molecule has 32 heavy (non-hydrogen) atoms. The van der Waals surface area contributed by atoms with Gasteiger partial charge in [0, 0.05) is 23.0 Å². The van der Waals surface area contributed by atoms with E-state index in [0.29, 0.717) is 21.5 Å². The highest BCUT2D eigenvalue weighted by Crippen LogP contribution is 2.34. The second-order valence-corrected chi connectivity index (χ2v) is 7.86. The Morgan fingerprint density at radius 3 is 2.75 bits per heavy atom. The summed E-state index contributed by atoms with van der Waals surface area (Å²) in [5, 5.41) is 11.7. The molecule has 0 saturated heterocycles. The Bertz CT molecular complexity index is 1250. The number of methoxy groups -OCH3 is 1. The Kier molecular flexibility index (Phi) is 6.58. The van der Waals surface area contributed by atoms with Gasteiger partial charge in [-0.25, -0.2) is 4.39 Å². The lowest BCUT2D eigenvalue weighted by molar-refractivity contribution is 0.102. The van der Waals surface area contributed by atoms with Gasteiger partial charge in [-0.3, -0.25) is 15.1 Å². The molecule has 0 spiro atoms. The van der Waals surface area contributed by atoms with Crippen LogP contribution in [0.2, 0.25) is 5.02 Å². The number of nitrogens with zero attached hydrogens (tertiary/aromatic N) is 3. The first-order valence-corrected chi connectivity index (χ1v) is 10.5. The lowest BCUT2D eigenvalue weighted by atomic mass is 10.00. The van der Waals surface area contributed by atoms with Gasteiger partial charge in [0.1, 0.15) is 18.2 Å². The van der Waals surface area contributed by atoms with Crippen molar-refractivity contribution >= 4 is 34.0 Å². The number of hydrogen-bond acceptors (Lipinski definition) is 7. The van der Waals surface area contributed by atoms with Crippen LogP contribution < -0.4 is 14.8 Å². The van der Waals surface area contributed by atoms with Crippen LogP contribution in [-0.4, -0.2) is 28.2 Å². The minimum Gasteiger partial charge on any atom is -0.496 e. The van der Waals surface area contributed by atoms with Crippen molar-refractivity contribution < 1.29 is 18.7 Å². The van der Waals surface area contributed by atoms with Crippen molar-refractivity contribution in [3.63, 3.8) is 0 Å². The van der Waals surface area contributed by atoms with Gasteiger partial charge in [-0.05, 0) is 47.2 Å². The molecule has 0 bridgehead atoms. The molecule has 7 nitrogen and oxygen atoms in total. The van der Waals surface area contributed by atoms with Crippen LogP contribution in [0.5, 0.6) is 10.9 Å². The fraction of sp³-hybridized carbons (Fsp3) is 0.0909. The zero-order valence-electron chi connectivity index (χ0n) is 16.7. The van der Waals surface area contributed by atoms with E-state index in [1.165, 1.54) is 37.7 Å². The van der Waals surface area contributed by atoms with Crippen molar-refractivity contribution in [1.82, 2.24) is 15.2 Å². The maximum Gasteiger partial charge on any atom is 0.296 e. The average Bonchev–Trinajstić information content (AvgIpc) is 3.25. The number of benzene rings is 2. The van der Waals surface area contributed by atoms with Crippen molar-refractivity contribution in [1.29, 1.82) is 0 Å². The van der Waals surface area contributed by atoms with Gasteiger partial charge in [-0.2, -0.15) is 0 Å². The molecule has 10 heteroatoms. The molecule has 4 aromatic rings. The molecule has 162 valence electrons. The normalized spacial score (nSPS) is 10.6. The molecule has 0 saturated carbocycles. The van der Waals surface area contributed by atoms with E-state index in [9.17, 15) is 9.18 Å². The number of amides is 1. The molecule has 0 unspecified atom stereocenters. The SMILES string of the molecule is COc1cccc(F)c1-c1cnccc1C(=O)Nc1nnc(OCc2ccc(Cl)cc2)s1. The summed E-state index contributed by atoms with van der Waals surface area (Å²) in [5.41, 5.74) is 1.57. The minimum atomic E-state index is -0.528. The summed E-state index contributed by atoms with van der Waals surface area (Å²) in [6.45, 7) is 0.279. The van der Waals surface area contributed by atoms with E-state index >= 15 is 0 Å². The number of rotatable bonds is 7. The molecule has 0 aliphatic rings. The lowest BCUT2D eigenvalue weighted by Gasteiger charge is -2.12. The van der Waals surface area contributed by atoms with Crippen LogP contribution in [0.15, 0.2) is 60.9 Å². The summed E-state index contributed by atoms with van der Waals surface area (Å²) < 4.78 is 25.4. The van der Waals surface area contributed by atoms with Gasteiger partial charge in [-0.1, -0.05) is 34.9 Å². The molecule has 2 aromatic heterocycles. The molecule has 0 atom stereocenters. The van der Waals surface area contributed by atoms with Gasteiger partial charge in [0.15, 0.2) is 0 Å². The number of hydrogen-bond donors (Lipinski definition) is 1. The number of ether oxygens (including phenoxy) is 2. The van der Waals surface area contributed by atoms with Crippen LogP contribution in [0.4, 0.5) is 9.52 Å². The molecule has 2 heterocycles. The summed E-state index contributed by atoms with van der Waals surface area (Å²) in [7, 11) is 1.43. The van der Waals surface area contributed by atoms with Gasteiger partial charge in [0.25, 0.3) is 11.1 Å². The van der Waals surface area contributed by atoms with E-state index in [4.69, 9.17) is 21.1 Å². The number of anilines is 1. The Hall–Kier alpha value is -3.56. The summed E-state index contributed by atoms with van der Waals surface area (Å²) >= 11 is 6.95. The molecule has 1 amide bonds. The van der Waals surface area contributed by atoms with Crippen molar-refractivity contribution in [2.75, 3.05) is 12.4 Å². The van der Waals surface area contributed by atoms with Crippen LogP contribution >= 0.6 is 22.9 Å². The van der Waals surface area contributed by atoms with Crippen molar-refractivity contribution in [3.8, 4) is 22.1 Å². The van der Waals surface area contributed by atoms with Crippen LogP contribution in [0.25, 0.3) is 11.1 Å². The van der Waals surface area contributed by atoms with Crippen LogP contribution in [0, 0.1) is 5.82 Å². The fourth-order valence-corrected chi connectivity index (χ4v) is 3.65. The molecule has 1 N–H and O–H groups in total. The van der Waals surface area contributed by atoms with Gasteiger partial charge in [-0.15, -0.1) is 5.10 Å². The molecule has 0 radical (unpaired) electrons. The minimum absolute atomic E-state index is 0.150. The molecule has 0 aliphatic carbocycles. The summed E-state index contributed by atoms with van der Waals surface area (Å²) in [6, 6.07) is 13.1.